The van der Waals surface area contributed by atoms with E-state index in [1.54, 1.807) is 0 Å². The first-order valence-corrected chi connectivity index (χ1v) is 10.2. The second-order valence-corrected chi connectivity index (χ2v) is 8.07. The van der Waals surface area contributed by atoms with Crippen molar-refractivity contribution in [3.05, 3.63) is 75.9 Å². The third-order valence-corrected chi connectivity index (χ3v) is 6.45. The highest BCUT2D eigenvalue weighted by Crippen LogP contribution is 2.34. The molecule has 0 unspecified atom stereocenters. The summed E-state index contributed by atoms with van der Waals surface area (Å²) in [6, 6.07) is 10.9. The van der Waals surface area contributed by atoms with Crippen LogP contribution in [0.25, 0.3) is 10.9 Å². The summed E-state index contributed by atoms with van der Waals surface area (Å²) in [5.74, 6) is 1.96. The maximum absolute atomic E-state index is 5.42. The molecule has 0 bridgehead atoms. The average molecular weight is 423 g/mol. The summed E-state index contributed by atoms with van der Waals surface area (Å²) < 4.78 is 7.81. The molecule has 0 saturated heterocycles. The van der Waals surface area contributed by atoms with Gasteiger partial charge in [0.05, 0.1) is 17.8 Å². The Labute approximate surface area is 183 Å². The van der Waals surface area contributed by atoms with Crippen molar-refractivity contribution in [3.63, 3.8) is 0 Å². The number of benzene rings is 1. The Kier molecular flexibility index (Phi) is 5.33. The van der Waals surface area contributed by atoms with E-state index in [1.165, 1.54) is 33.3 Å². The van der Waals surface area contributed by atoms with Gasteiger partial charge in [-0.15, -0.1) is 12.4 Å². The van der Waals surface area contributed by atoms with Crippen molar-refractivity contribution in [2.45, 2.75) is 47.2 Å². The molecule has 5 nitrogen and oxygen atoms in total. The van der Waals surface area contributed by atoms with Crippen LogP contribution in [0, 0.1) is 27.7 Å². The van der Waals surface area contributed by atoms with Crippen LogP contribution in [0.15, 0.2) is 41.1 Å². The van der Waals surface area contributed by atoms with E-state index >= 15 is 0 Å². The minimum atomic E-state index is 0. The molecule has 1 aliphatic heterocycles. The largest absolute Gasteiger partial charge is 0.361 e. The summed E-state index contributed by atoms with van der Waals surface area (Å²) in [6.07, 6.45) is 3.00. The number of aromatic nitrogens is 3. The molecule has 0 N–H and O–H groups in total. The number of halogens is 1. The number of pyridine rings is 1. The summed E-state index contributed by atoms with van der Waals surface area (Å²) >= 11 is 0. The van der Waals surface area contributed by atoms with Crippen LogP contribution >= 0.6 is 12.4 Å². The van der Waals surface area contributed by atoms with E-state index in [2.05, 4.69) is 58.8 Å². The van der Waals surface area contributed by atoms with Crippen molar-refractivity contribution >= 4 is 29.1 Å². The fraction of sp³-hybridized carbons (Fsp3) is 0.333. The number of hydrogen-bond acceptors (Lipinski definition) is 4. The third kappa shape index (κ3) is 3.18. The Morgan fingerprint density at radius 1 is 1.03 bits per heavy atom. The van der Waals surface area contributed by atoms with Crippen molar-refractivity contribution in [1.29, 1.82) is 0 Å². The predicted octanol–water partition coefficient (Wildman–Crippen LogP) is 5.29. The smallest absolute Gasteiger partial charge is 0.153 e. The van der Waals surface area contributed by atoms with E-state index in [0.717, 1.165) is 48.9 Å². The summed E-state index contributed by atoms with van der Waals surface area (Å²) in [4.78, 5) is 7.28. The van der Waals surface area contributed by atoms with Crippen LogP contribution in [0.2, 0.25) is 0 Å². The summed E-state index contributed by atoms with van der Waals surface area (Å²) in [6.45, 7) is 11.0. The molecule has 4 aromatic rings. The summed E-state index contributed by atoms with van der Waals surface area (Å²) in [5.41, 5.74) is 8.76. The number of fused-ring (bicyclic) bond motifs is 2. The molecule has 0 fully saturated rings. The van der Waals surface area contributed by atoms with E-state index < -0.39 is 0 Å². The molecule has 1 aromatic carbocycles. The van der Waals surface area contributed by atoms with Crippen molar-refractivity contribution in [2.24, 2.45) is 0 Å². The first-order valence-electron chi connectivity index (χ1n) is 10.2. The number of rotatable bonds is 3. The molecule has 4 heterocycles. The second-order valence-electron chi connectivity index (χ2n) is 8.07. The van der Waals surface area contributed by atoms with Crippen molar-refractivity contribution < 1.29 is 4.52 Å². The quantitative estimate of drug-likeness (QED) is 0.450. The van der Waals surface area contributed by atoms with Crippen LogP contribution in [0.3, 0.4) is 0 Å². The van der Waals surface area contributed by atoms with Crippen LogP contribution in [-0.4, -0.2) is 21.3 Å². The fourth-order valence-corrected chi connectivity index (χ4v) is 4.57. The summed E-state index contributed by atoms with van der Waals surface area (Å²) in [7, 11) is 0. The number of anilines is 1. The highest BCUT2D eigenvalue weighted by molar-refractivity contribution is 5.93. The number of hydrogen-bond donors (Lipinski definition) is 0. The average Bonchev–Trinajstić information content (AvgIpc) is 3.19. The molecule has 0 spiro atoms. The summed E-state index contributed by atoms with van der Waals surface area (Å²) in [5, 5.41) is 5.43. The van der Waals surface area contributed by atoms with Gasteiger partial charge in [0.2, 0.25) is 0 Å². The topological polar surface area (TPSA) is 47.1 Å². The van der Waals surface area contributed by atoms with E-state index in [-0.39, 0.29) is 12.4 Å². The van der Waals surface area contributed by atoms with Crippen LogP contribution in [0.4, 0.5) is 5.82 Å². The molecule has 1 aliphatic rings. The molecule has 0 saturated carbocycles. The maximum atomic E-state index is 5.42. The monoisotopic (exact) mass is 422 g/mol. The Morgan fingerprint density at radius 2 is 1.80 bits per heavy atom. The van der Waals surface area contributed by atoms with Gasteiger partial charge in [0.15, 0.2) is 5.82 Å². The molecule has 6 heteroatoms. The van der Waals surface area contributed by atoms with Crippen LogP contribution < -0.4 is 4.90 Å². The van der Waals surface area contributed by atoms with E-state index in [9.17, 15) is 0 Å². The van der Waals surface area contributed by atoms with Crippen LogP contribution in [0.1, 0.15) is 39.4 Å². The predicted molar refractivity (Wildman–Crippen MR) is 123 cm³/mol. The number of nitrogens with zero attached hydrogens (tertiary/aromatic N) is 4. The highest BCUT2D eigenvalue weighted by Gasteiger charge is 2.23. The molecule has 0 aliphatic carbocycles. The first-order chi connectivity index (χ1) is 14.0. The first kappa shape index (κ1) is 20.5. The lowest BCUT2D eigenvalue weighted by Crippen LogP contribution is -2.31. The minimum Gasteiger partial charge on any atom is -0.361 e. The Bertz CT molecular complexity index is 1200. The van der Waals surface area contributed by atoms with Gasteiger partial charge in [0.1, 0.15) is 5.76 Å². The molecular formula is C24H27ClN4O. The standard InChI is InChI=1S/C24H26N4O.ClH/c1-15-17(3)28(14-22-16(2)26-29-18(22)4)23-21(15)9-11-25-24(23)27-12-10-19-7-5-6-8-20(19)13-27;/h5-9,11H,10,12-14H2,1-4H3;1H. The second kappa shape index (κ2) is 7.80. The lowest BCUT2D eigenvalue weighted by Gasteiger charge is -2.30. The molecule has 3 aromatic heterocycles. The van der Waals surface area contributed by atoms with Gasteiger partial charge >= 0.3 is 0 Å². The zero-order valence-electron chi connectivity index (χ0n) is 17.9. The van der Waals surface area contributed by atoms with Gasteiger partial charge < -0.3 is 14.0 Å². The van der Waals surface area contributed by atoms with Gasteiger partial charge in [-0.1, -0.05) is 29.4 Å². The maximum Gasteiger partial charge on any atom is 0.153 e. The van der Waals surface area contributed by atoms with Gasteiger partial charge in [0, 0.05) is 35.9 Å². The SMILES string of the molecule is Cc1noc(C)c1Cn1c(C)c(C)c2ccnc(N3CCc4ccccc4C3)c21.Cl. The fourth-order valence-electron chi connectivity index (χ4n) is 4.57. The van der Waals surface area contributed by atoms with Crippen molar-refractivity contribution in [1.82, 2.24) is 14.7 Å². The Balaban J connectivity index is 0.00000218. The van der Waals surface area contributed by atoms with Gasteiger partial charge in [0.25, 0.3) is 0 Å². The lowest BCUT2D eigenvalue weighted by atomic mass is 10.00. The Hall–Kier alpha value is -2.79. The van der Waals surface area contributed by atoms with Crippen LogP contribution in [0.5, 0.6) is 0 Å². The Morgan fingerprint density at radius 3 is 2.53 bits per heavy atom. The molecule has 0 amide bonds. The highest BCUT2D eigenvalue weighted by atomic mass is 35.5. The molecule has 0 atom stereocenters. The zero-order chi connectivity index (χ0) is 20.1. The molecule has 30 heavy (non-hydrogen) atoms. The molecule has 156 valence electrons. The van der Waals surface area contributed by atoms with Crippen molar-refractivity contribution in [3.8, 4) is 0 Å². The normalized spacial score (nSPS) is 13.4. The van der Waals surface area contributed by atoms with E-state index in [1.807, 2.05) is 20.0 Å². The molecular weight excluding hydrogens is 396 g/mol. The van der Waals surface area contributed by atoms with Crippen LogP contribution in [-0.2, 0) is 19.5 Å². The van der Waals surface area contributed by atoms with Gasteiger partial charge in [-0.05, 0) is 56.9 Å². The van der Waals surface area contributed by atoms with Gasteiger partial charge in [-0.25, -0.2) is 4.98 Å². The third-order valence-electron chi connectivity index (χ3n) is 6.45. The molecule has 5 rings (SSSR count). The lowest BCUT2D eigenvalue weighted by molar-refractivity contribution is 0.392. The van der Waals surface area contributed by atoms with E-state index in [0.29, 0.717) is 0 Å². The minimum absolute atomic E-state index is 0. The molecule has 0 radical (unpaired) electrons. The number of aryl methyl sites for hydroxylation is 3. The van der Waals surface area contributed by atoms with Crippen molar-refractivity contribution in [2.75, 3.05) is 11.4 Å². The van der Waals surface area contributed by atoms with Gasteiger partial charge in [-0.3, -0.25) is 0 Å². The zero-order valence-corrected chi connectivity index (χ0v) is 18.7. The van der Waals surface area contributed by atoms with E-state index in [4.69, 9.17) is 9.51 Å². The van der Waals surface area contributed by atoms with Gasteiger partial charge in [-0.2, -0.15) is 0 Å².